The number of thioether (sulfide) groups is 1. The minimum Gasteiger partial charge on any atom is -0.481 e. The maximum Gasteiger partial charge on any atom is 0.416 e. The summed E-state index contributed by atoms with van der Waals surface area (Å²) in [5, 5.41) is 44.7. The summed E-state index contributed by atoms with van der Waals surface area (Å²) >= 11 is 5.78. The van der Waals surface area contributed by atoms with Crippen molar-refractivity contribution in [2.75, 3.05) is 56.6 Å². The molecule has 0 aliphatic carbocycles. The highest BCUT2D eigenvalue weighted by Gasteiger charge is 2.35. The number of nitriles is 1. The summed E-state index contributed by atoms with van der Waals surface area (Å²) < 4.78 is 166. The molecule has 11 aromatic heterocycles. The second kappa shape index (κ2) is 48.2. The van der Waals surface area contributed by atoms with E-state index in [0.29, 0.717) is 95.5 Å². The van der Waals surface area contributed by atoms with E-state index in [1.165, 1.54) is 134 Å². The van der Waals surface area contributed by atoms with Crippen LogP contribution in [0.5, 0.6) is 5.88 Å². The first-order valence-corrected chi connectivity index (χ1v) is 47.2. The van der Waals surface area contributed by atoms with Gasteiger partial charge in [0, 0.05) is 141 Å². The summed E-state index contributed by atoms with van der Waals surface area (Å²) in [5.74, 6) is 0.804. The van der Waals surface area contributed by atoms with E-state index in [0.717, 1.165) is 110 Å². The number of primary amides is 1. The van der Waals surface area contributed by atoms with Crippen LogP contribution < -0.4 is 47.4 Å². The lowest BCUT2D eigenvalue weighted by atomic mass is 10.1. The first-order valence-electron chi connectivity index (χ1n) is 43.4. The molecule has 0 aliphatic rings. The Morgan fingerprint density at radius 1 is 0.514 bits per heavy atom. The van der Waals surface area contributed by atoms with Crippen molar-refractivity contribution < 1.29 is 81.4 Å². The Hall–Kier alpha value is -16.9. The maximum atomic E-state index is 13.3. The van der Waals surface area contributed by atoms with Crippen LogP contribution in [0, 0.1) is 11.3 Å². The maximum absolute atomic E-state index is 13.3. The van der Waals surface area contributed by atoms with Gasteiger partial charge in [-0.1, -0.05) is 78.9 Å². The molecular weight excluding hydrogens is 1990 g/mol. The van der Waals surface area contributed by atoms with Crippen molar-refractivity contribution in [2.24, 2.45) is 5.73 Å². The molecule has 2 amide bonds. The number of aromatic amines is 3. The van der Waals surface area contributed by atoms with E-state index in [2.05, 4.69) is 87.9 Å². The smallest absolute Gasteiger partial charge is 0.416 e. The number of nitrogens with one attached hydrogen (secondary N) is 5. The van der Waals surface area contributed by atoms with E-state index in [1.54, 1.807) is 133 Å². The quantitative estimate of drug-likeness (QED) is 0.00918. The summed E-state index contributed by atoms with van der Waals surface area (Å²) in [4.78, 5) is 98.3. The average Bonchev–Trinajstić information content (AvgIpc) is 1.63. The van der Waals surface area contributed by atoms with Gasteiger partial charge in [0.2, 0.25) is 46.8 Å². The predicted molar refractivity (Wildman–Crippen MR) is 528 cm³/mol. The van der Waals surface area contributed by atoms with Crippen LogP contribution in [0.25, 0.3) is 50.8 Å². The van der Waals surface area contributed by atoms with Crippen LogP contribution in [0.2, 0.25) is 0 Å². The molecule has 8 N–H and O–H groups in total. The second-order valence-corrected chi connectivity index (χ2v) is 35.8. The molecule has 0 unspecified atom stereocenters. The fourth-order valence-corrected chi connectivity index (χ4v) is 16.3. The number of anilines is 6. The number of quaternary nitrogens is 1. The van der Waals surface area contributed by atoms with Crippen molar-refractivity contribution in [1.82, 2.24) is 79.2 Å². The monoisotopic (exact) mass is 2080 g/mol. The number of ether oxygens (including phenoxy) is 1. The Balaban J connectivity index is 0.000000147. The molecule has 748 valence electrons. The molecule has 0 atom stereocenters. The number of aromatic nitrogens is 17. The zero-order chi connectivity index (χ0) is 104. The molecule has 0 radical (unpaired) electrons. The predicted octanol–water partition coefficient (Wildman–Crippen LogP) is 20.4. The van der Waals surface area contributed by atoms with Gasteiger partial charge < -0.3 is 40.5 Å². The van der Waals surface area contributed by atoms with Gasteiger partial charge in [0.1, 0.15) is 19.0 Å². The lowest BCUT2D eigenvalue weighted by Gasteiger charge is -2.25. The molecule has 0 spiro atoms. The van der Waals surface area contributed by atoms with Gasteiger partial charge in [-0.05, 0) is 144 Å². The minimum absolute atomic E-state index is 0.0990. The molecule has 0 fully saturated rings. The van der Waals surface area contributed by atoms with Crippen LogP contribution in [-0.4, -0.2) is 142 Å². The van der Waals surface area contributed by atoms with E-state index in [1.807, 2.05) is 74.6 Å². The molecule has 0 bridgehead atoms. The number of carbonyl (C=O) groups is 2. The lowest BCUT2D eigenvalue weighted by Crippen LogP contribution is -2.36. The molecule has 11 heterocycles. The fraction of sp³-hybridized carbons (Fsp3) is 0.150. The molecule has 7 aromatic carbocycles. The van der Waals surface area contributed by atoms with Gasteiger partial charge in [0.05, 0.1) is 114 Å². The Labute approximate surface area is 839 Å². The van der Waals surface area contributed by atoms with E-state index < -0.39 is 52.9 Å². The number of hydrogen-bond acceptors (Lipinski definition) is 24. The average molecular weight is 2080 g/mol. The summed E-state index contributed by atoms with van der Waals surface area (Å²) in [6, 6.07) is 60.3. The second-order valence-electron chi connectivity index (χ2n) is 32.3. The number of pyridine rings is 5. The van der Waals surface area contributed by atoms with Crippen molar-refractivity contribution >= 4 is 90.0 Å². The number of halogens is 12. The van der Waals surface area contributed by atoms with Crippen molar-refractivity contribution in [3.63, 3.8) is 0 Å². The lowest BCUT2D eigenvalue weighted by molar-refractivity contribution is -0.904. The SMILES string of the molecule is COc1cc(-n2cnc(Cc3cccc(C(F)(F)F)c3)n2)ccn1.CSc1cccc(Nc2nc(-c3cc[nH]c(=O)c3)cs2)c1.C[N+](C)(C)CCCC(=O)N(c1cccc(C(F)(F)F)c1)c1nc(-c2cc[nH]c(=O)c2)cs1.N#Cc1cccc(-n2cnc(Cc3cccc(C(F)(F)F)c3)n2)c1.NC(=O)c1cccc(Nc2nc(-c3ccc[n+](O)c3)cs2)c1.O=c1cc(-n2cnc(Cc3cccc(C(F)(F)F)c3)n2)cc[nH]1. The molecular formula is C100H85F12N23O7S4+2. The van der Waals surface area contributed by atoms with E-state index >= 15 is 0 Å². The number of hydrogen-bond donors (Lipinski definition) is 7. The molecule has 46 heteroatoms. The zero-order valence-corrected chi connectivity index (χ0v) is 80.6. The summed E-state index contributed by atoms with van der Waals surface area (Å²) in [5.41, 5.74) is 11.9. The van der Waals surface area contributed by atoms with Gasteiger partial charge >= 0.3 is 24.7 Å². The van der Waals surface area contributed by atoms with Crippen molar-refractivity contribution in [3.05, 3.63) is 401 Å². The summed E-state index contributed by atoms with van der Waals surface area (Å²) in [7, 11) is 7.52. The number of benzene rings is 7. The highest BCUT2D eigenvalue weighted by atomic mass is 32.2. The number of H-pyrrole nitrogens is 3. The molecule has 30 nitrogen and oxygen atoms in total. The fourth-order valence-electron chi connectivity index (χ4n) is 13.5. The van der Waals surface area contributed by atoms with Crippen LogP contribution in [-0.2, 0) is 48.8 Å². The third-order valence-corrected chi connectivity index (χ3v) is 23.5. The molecule has 0 aliphatic heterocycles. The van der Waals surface area contributed by atoms with Gasteiger partial charge in [0.15, 0.2) is 32.9 Å². The van der Waals surface area contributed by atoms with Crippen LogP contribution in [0.4, 0.5) is 85.1 Å². The number of nitrogens with two attached hydrogens (primary N) is 1. The third-order valence-electron chi connectivity index (χ3n) is 20.5. The summed E-state index contributed by atoms with van der Waals surface area (Å²) in [6.45, 7) is 0.734. The van der Waals surface area contributed by atoms with Gasteiger partial charge in [-0.25, -0.2) is 48.9 Å². The standard InChI is InChI=1S/C22H23F3N4O2S.C17H11F3N4.C16H13F3N4O.C15H11F3N4O.C15H12N4O2S.C15H13N3OS2/c1-29(2,3)11-5-8-20(31)28(17-7-4-6-16(13-17)22(23,24)25)21-27-18(14-32-21)15-9-10-26-19(30)12-15;18-17(19,20)14-5-1-3-12(7-14)9-16-22-11-24(23-16)15-6-2-4-13(8-15)10-21;1-24-15-9-13(5-6-20-15)23-10-21-14(22-23)8-11-3-2-4-12(7-11)16(17,18)19;16-15(17,18)11-3-1-2-10(6-11)7-13-20-9-22(21-13)12-4-5-19-14(23)8-12;16-14(20)10-3-1-5-12(7-10)17-15-18-13(9-22-15)11-4-2-6-19(21)8-11;1-20-12-4-2-3-11(8-12)17-15-18-13(9-21-15)10-5-6-16-14(19)7-10/h4,6-7,9-10,12-14H,5,8,11H2,1-3H3;1-8,11H,9H2;2-7,9-10H,8H2,1H3;1-6,8-9H,7H2,(H,19,23);1-9H,(H3-,16,17,18,20,21);2-9H,1H3,(H,16,19)(H,17,18)/p+2. The van der Waals surface area contributed by atoms with Crippen LogP contribution in [0.15, 0.2) is 322 Å². The van der Waals surface area contributed by atoms with Crippen LogP contribution in [0.1, 0.15) is 85.2 Å². The summed E-state index contributed by atoms with van der Waals surface area (Å²) in [6.07, 6.45) is -0.654. The van der Waals surface area contributed by atoms with Gasteiger partial charge in [-0.2, -0.15) is 73.2 Å². The molecule has 18 rings (SSSR count). The molecule has 0 saturated heterocycles. The van der Waals surface area contributed by atoms with Gasteiger partial charge in [0.25, 0.3) is 0 Å². The number of nitrogens with zero attached hydrogens (tertiary/aromatic N) is 17. The Morgan fingerprint density at radius 2 is 0.973 bits per heavy atom. The number of thiazole rings is 3. The third kappa shape index (κ3) is 31.3. The number of amides is 2. The van der Waals surface area contributed by atoms with Crippen molar-refractivity contribution in [2.45, 2.75) is 61.7 Å². The molecule has 0 saturated carbocycles. The highest BCUT2D eigenvalue weighted by Crippen LogP contribution is 2.39. The number of alkyl halides is 12. The Morgan fingerprint density at radius 3 is 1.46 bits per heavy atom. The number of rotatable bonds is 25. The van der Waals surface area contributed by atoms with Crippen molar-refractivity contribution in [1.29, 1.82) is 5.26 Å². The largest absolute Gasteiger partial charge is 0.481 e. The Bertz CT molecular complexity index is 7750. The topological polar surface area (TPSA) is 387 Å². The normalized spacial score (nSPS) is 11.3. The first kappa shape index (κ1) is 106. The van der Waals surface area contributed by atoms with Crippen LogP contribution in [0.3, 0.4) is 0 Å². The molecule has 18 aromatic rings. The molecule has 146 heavy (non-hydrogen) atoms. The van der Waals surface area contributed by atoms with E-state index in [4.69, 9.17) is 15.7 Å². The first-order chi connectivity index (χ1) is 69.6. The van der Waals surface area contributed by atoms with Crippen molar-refractivity contribution in [3.8, 4) is 62.8 Å². The Kier molecular flexibility index (Phi) is 35.2. The number of methoxy groups -OCH3 is 1. The number of carbonyl (C=O) groups excluding carboxylic acids is 2. The van der Waals surface area contributed by atoms with Crippen LogP contribution >= 0.6 is 45.8 Å². The minimum atomic E-state index is -4.53. The van der Waals surface area contributed by atoms with E-state index in [9.17, 15) is 81.9 Å². The van der Waals surface area contributed by atoms with Gasteiger partial charge in [-0.3, -0.25) is 34.1 Å². The zero-order valence-electron chi connectivity index (χ0n) is 77.4. The van der Waals surface area contributed by atoms with E-state index in [-0.39, 0.29) is 59.1 Å². The highest BCUT2D eigenvalue weighted by molar-refractivity contribution is 7.98. The van der Waals surface area contributed by atoms with Gasteiger partial charge in [-0.15, -0.1) is 45.8 Å².